The van der Waals surface area contributed by atoms with Crippen LogP contribution in [0.15, 0.2) is 54.6 Å². The molecular weight excluding hydrogens is 403 g/mol. The van der Waals surface area contributed by atoms with Gasteiger partial charge < -0.3 is 15.0 Å². The van der Waals surface area contributed by atoms with Crippen molar-refractivity contribution in [2.45, 2.75) is 12.8 Å². The van der Waals surface area contributed by atoms with Crippen LogP contribution in [0, 0.1) is 5.82 Å². The van der Waals surface area contributed by atoms with Crippen LogP contribution in [0.25, 0.3) is 16.8 Å². The largest absolute Gasteiger partial charge is 0.478 e. The maximum Gasteiger partial charge on any atom is 0.215 e. The smallest absolute Gasteiger partial charge is 0.215 e. The number of ether oxygens (including phenoxy) is 1. The number of pyridine rings is 1. The zero-order valence-corrected chi connectivity index (χ0v) is 18.3. The second-order valence-electron chi connectivity index (χ2n) is 8.37. The number of halogens is 1. The molecule has 5 nitrogen and oxygen atoms in total. The highest BCUT2D eigenvalue weighted by atomic mass is 19.1. The second-order valence-corrected chi connectivity index (χ2v) is 8.37. The Hall–Kier alpha value is -3.12. The number of anilines is 2. The molecule has 32 heavy (non-hydrogen) atoms. The van der Waals surface area contributed by atoms with Gasteiger partial charge in [-0.05, 0) is 36.9 Å². The summed E-state index contributed by atoms with van der Waals surface area (Å²) >= 11 is 0. The average Bonchev–Trinajstić information content (AvgIpc) is 2.84. The predicted molar refractivity (Wildman–Crippen MR) is 129 cm³/mol. The van der Waals surface area contributed by atoms with Gasteiger partial charge in [0.2, 0.25) is 5.88 Å². The van der Waals surface area contributed by atoms with E-state index >= 15 is 0 Å². The van der Waals surface area contributed by atoms with E-state index < -0.39 is 0 Å². The average molecular weight is 433 g/mol. The zero-order chi connectivity index (χ0) is 21.8. The van der Waals surface area contributed by atoms with Gasteiger partial charge in [-0.1, -0.05) is 42.5 Å². The normalized spacial score (nSPS) is 16.1. The highest BCUT2D eigenvalue weighted by Gasteiger charge is 2.21. The molecule has 1 aromatic heterocycles. The van der Waals surface area contributed by atoms with Crippen LogP contribution in [0.5, 0.6) is 5.88 Å². The zero-order valence-electron chi connectivity index (χ0n) is 18.3. The van der Waals surface area contributed by atoms with Crippen molar-refractivity contribution in [3.8, 4) is 5.88 Å². The molecule has 166 valence electrons. The first-order chi connectivity index (χ1) is 15.8. The van der Waals surface area contributed by atoms with Crippen molar-refractivity contribution >= 4 is 28.4 Å². The second kappa shape index (κ2) is 9.57. The molecule has 1 saturated heterocycles. The van der Waals surface area contributed by atoms with Gasteiger partial charge in [0.25, 0.3) is 0 Å². The van der Waals surface area contributed by atoms with E-state index in [0.29, 0.717) is 12.5 Å². The third kappa shape index (κ3) is 4.55. The summed E-state index contributed by atoms with van der Waals surface area (Å²) in [6, 6.07) is 15.5. The molecule has 1 N–H and O–H groups in total. The molecule has 2 aliphatic rings. The maximum absolute atomic E-state index is 14.6. The van der Waals surface area contributed by atoms with Crippen LogP contribution in [-0.4, -0.2) is 55.8 Å². The summed E-state index contributed by atoms with van der Waals surface area (Å²) in [7, 11) is 0. The van der Waals surface area contributed by atoms with Gasteiger partial charge in [-0.3, -0.25) is 4.90 Å². The van der Waals surface area contributed by atoms with Gasteiger partial charge in [0.15, 0.2) is 0 Å². The molecule has 0 amide bonds. The minimum absolute atomic E-state index is 0.128. The van der Waals surface area contributed by atoms with Crippen LogP contribution in [0.3, 0.4) is 0 Å². The number of fused-ring (bicyclic) bond motifs is 2. The van der Waals surface area contributed by atoms with E-state index in [1.807, 2.05) is 42.5 Å². The molecule has 3 heterocycles. The van der Waals surface area contributed by atoms with Crippen molar-refractivity contribution in [1.29, 1.82) is 0 Å². The molecule has 5 rings (SSSR count). The van der Waals surface area contributed by atoms with Crippen molar-refractivity contribution in [3.63, 3.8) is 0 Å². The first-order valence-electron chi connectivity index (χ1n) is 11.5. The lowest BCUT2D eigenvalue weighted by Crippen LogP contribution is -2.47. The Morgan fingerprint density at radius 3 is 2.75 bits per heavy atom. The summed E-state index contributed by atoms with van der Waals surface area (Å²) < 4.78 is 20.5. The molecule has 2 aliphatic heterocycles. The van der Waals surface area contributed by atoms with Crippen LogP contribution in [0.4, 0.5) is 15.9 Å². The Morgan fingerprint density at radius 1 is 0.969 bits per heavy atom. The SMILES string of the molecule is Fc1ccc2ccccc2c1N1CCN(CCCCOc2ccc3c(n2)NCC=C3)CC1. The van der Waals surface area contributed by atoms with E-state index in [1.165, 1.54) is 0 Å². The lowest BCUT2D eigenvalue weighted by molar-refractivity contribution is 0.236. The number of benzene rings is 2. The molecule has 6 heteroatoms. The van der Waals surface area contributed by atoms with Crippen molar-refractivity contribution in [3.05, 3.63) is 66.0 Å². The summed E-state index contributed by atoms with van der Waals surface area (Å²) in [4.78, 5) is 9.20. The van der Waals surface area contributed by atoms with E-state index in [4.69, 9.17) is 4.74 Å². The van der Waals surface area contributed by atoms with Crippen LogP contribution in [0.1, 0.15) is 18.4 Å². The fourth-order valence-electron chi connectivity index (χ4n) is 4.51. The van der Waals surface area contributed by atoms with Crippen molar-refractivity contribution in [1.82, 2.24) is 9.88 Å². The number of hydrogen-bond donors (Lipinski definition) is 1. The minimum atomic E-state index is -0.128. The van der Waals surface area contributed by atoms with Gasteiger partial charge in [-0.25, -0.2) is 4.39 Å². The van der Waals surface area contributed by atoms with Crippen LogP contribution >= 0.6 is 0 Å². The number of hydrogen-bond acceptors (Lipinski definition) is 5. The number of aromatic nitrogens is 1. The molecule has 2 aromatic carbocycles. The van der Waals surface area contributed by atoms with E-state index in [9.17, 15) is 4.39 Å². The molecule has 0 saturated carbocycles. The lowest BCUT2D eigenvalue weighted by atomic mass is 10.1. The molecule has 0 unspecified atom stereocenters. The summed E-state index contributed by atoms with van der Waals surface area (Å²) in [6.07, 6.45) is 6.23. The van der Waals surface area contributed by atoms with E-state index in [-0.39, 0.29) is 5.82 Å². The van der Waals surface area contributed by atoms with Gasteiger partial charge in [0, 0.05) is 49.7 Å². The third-order valence-corrected chi connectivity index (χ3v) is 6.24. The van der Waals surface area contributed by atoms with Crippen LogP contribution < -0.4 is 15.0 Å². The Kier molecular flexibility index (Phi) is 6.21. The topological polar surface area (TPSA) is 40.6 Å². The van der Waals surface area contributed by atoms with E-state index in [2.05, 4.69) is 32.3 Å². The molecule has 0 atom stereocenters. The number of unbranched alkanes of at least 4 members (excludes halogenated alkanes) is 1. The summed E-state index contributed by atoms with van der Waals surface area (Å²) in [5.74, 6) is 1.44. The molecule has 3 aromatic rings. The van der Waals surface area contributed by atoms with E-state index in [1.54, 1.807) is 6.07 Å². The Bertz CT molecular complexity index is 1110. The molecule has 0 radical (unpaired) electrons. The predicted octanol–water partition coefficient (Wildman–Crippen LogP) is 4.79. The van der Waals surface area contributed by atoms with Crippen molar-refractivity contribution in [2.75, 3.05) is 56.1 Å². The lowest BCUT2D eigenvalue weighted by Gasteiger charge is -2.36. The van der Waals surface area contributed by atoms with Gasteiger partial charge in [0.1, 0.15) is 11.6 Å². The number of piperazine rings is 1. The first kappa shape index (κ1) is 20.8. The monoisotopic (exact) mass is 432 g/mol. The fourth-order valence-corrected chi connectivity index (χ4v) is 4.51. The number of nitrogens with one attached hydrogen (secondary N) is 1. The quantitative estimate of drug-likeness (QED) is 0.544. The number of nitrogens with zero attached hydrogens (tertiary/aromatic N) is 3. The Morgan fingerprint density at radius 2 is 1.84 bits per heavy atom. The van der Waals surface area contributed by atoms with Gasteiger partial charge >= 0.3 is 0 Å². The third-order valence-electron chi connectivity index (χ3n) is 6.24. The number of rotatable bonds is 7. The molecule has 0 spiro atoms. The van der Waals surface area contributed by atoms with Gasteiger partial charge in [-0.15, -0.1) is 0 Å². The molecule has 1 fully saturated rings. The Labute approximate surface area is 188 Å². The summed E-state index contributed by atoms with van der Waals surface area (Å²) in [5.41, 5.74) is 1.85. The standard InChI is InChI=1S/C26H29FN4O/c27-23-11-9-20-6-1-2-8-22(20)25(23)31-17-15-30(16-18-31)14-3-4-19-32-24-12-10-21-7-5-13-28-26(21)29-24/h1-2,5-12H,3-4,13-19H2,(H,28,29). The van der Waals surface area contributed by atoms with Gasteiger partial charge in [0.05, 0.1) is 12.3 Å². The molecule has 0 bridgehead atoms. The molecular formula is C26H29FN4O. The fraction of sp³-hybridized carbons (Fsp3) is 0.346. The summed E-state index contributed by atoms with van der Waals surface area (Å²) in [6.45, 7) is 6.12. The highest BCUT2D eigenvalue weighted by Crippen LogP contribution is 2.30. The Balaban J connectivity index is 1.07. The molecule has 0 aliphatic carbocycles. The van der Waals surface area contributed by atoms with E-state index in [0.717, 1.165) is 80.0 Å². The van der Waals surface area contributed by atoms with Crippen molar-refractivity contribution < 1.29 is 9.13 Å². The van der Waals surface area contributed by atoms with Gasteiger partial charge in [-0.2, -0.15) is 4.98 Å². The minimum Gasteiger partial charge on any atom is -0.478 e. The van der Waals surface area contributed by atoms with Crippen LogP contribution in [-0.2, 0) is 0 Å². The van der Waals surface area contributed by atoms with Crippen molar-refractivity contribution in [2.24, 2.45) is 0 Å². The maximum atomic E-state index is 14.6. The first-order valence-corrected chi connectivity index (χ1v) is 11.5. The summed E-state index contributed by atoms with van der Waals surface area (Å²) in [5, 5.41) is 5.35. The highest BCUT2D eigenvalue weighted by molar-refractivity contribution is 5.94. The van der Waals surface area contributed by atoms with Crippen LogP contribution in [0.2, 0.25) is 0 Å².